The summed E-state index contributed by atoms with van der Waals surface area (Å²) in [5.41, 5.74) is 1.43. The Labute approximate surface area is 135 Å². The molecule has 0 amide bonds. The maximum Gasteiger partial charge on any atom is 0.161 e. The third kappa shape index (κ3) is 3.49. The van der Waals surface area contributed by atoms with Crippen LogP contribution in [0.2, 0.25) is 5.02 Å². The van der Waals surface area contributed by atoms with Crippen LogP contribution in [0.15, 0.2) is 23.2 Å². The van der Waals surface area contributed by atoms with Gasteiger partial charge >= 0.3 is 0 Å². The number of rotatable bonds is 2. The lowest BCUT2D eigenvalue weighted by atomic mass is 9.75. The standard InChI is InChI=1S/C16H21ClN2OS/c1-20-14-6-5-12(9-13(14)17)19-15-18-10-16(11-21-15)7-3-2-4-8-16/h5-6,9H,2-4,7-8,10-11H2,1H3,(H,18,19). The lowest BCUT2D eigenvalue weighted by Crippen LogP contribution is -2.35. The zero-order valence-electron chi connectivity index (χ0n) is 12.3. The van der Waals surface area contributed by atoms with Crippen molar-refractivity contribution in [3.63, 3.8) is 0 Å². The van der Waals surface area contributed by atoms with Crippen molar-refractivity contribution in [3.8, 4) is 5.75 Å². The minimum atomic E-state index is 0.464. The molecular formula is C16H21ClN2OS. The molecule has 1 aliphatic heterocycles. The number of hydrogen-bond donors (Lipinski definition) is 1. The molecule has 3 nitrogen and oxygen atoms in total. The average Bonchev–Trinajstić information content (AvgIpc) is 2.51. The number of halogens is 1. The van der Waals surface area contributed by atoms with Crippen LogP contribution in [-0.4, -0.2) is 24.6 Å². The van der Waals surface area contributed by atoms with E-state index in [1.165, 1.54) is 37.9 Å². The van der Waals surface area contributed by atoms with Crippen molar-refractivity contribution >= 4 is 34.2 Å². The number of ether oxygens (including phenoxy) is 1. The molecule has 0 bridgehead atoms. The first-order chi connectivity index (χ1) is 10.2. The Morgan fingerprint density at radius 1 is 1.29 bits per heavy atom. The number of nitrogens with zero attached hydrogens (tertiary/aromatic N) is 1. The van der Waals surface area contributed by atoms with Crippen LogP contribution in [0.3, 0.4) is 0 Å². The van der Waals surface area contributed by atoms with E-state index in [4.69, 9.17) is 21.3 Å². The molecule has 2 aliphatic rings. The lowest BCUT2D eigenvalue weighted by molar-refractivity contribution is 0.232. The Hall–Kier alpha value is -0.870. The first-order valence-corrected chi connectivity index (χ1v) is 8.85. The Morgan fingerprint density at radius 2 is 2.10 bits per heavy atom. The van der Waals surface area contributed by atoms with Gasteiger partial charge in [0.15, 0.2) is 5.17 Å². The fourth-order valence-electron chi connectivity index (χ4n) is 3.10. The van der Waals surface area contributed by atoms with Crippen LogP contribution < -0.4 is 10.1 Å². The smallest absolute Gasteiger partial charge is 0.161 e. The summed E-state index contributed by atoms with van der Waals surface area (Å²) in [7, 11) is 1.62. The van der Waals surface area contributed by atoms with E-state index in [1.54, 1.807) is 7.11 Å². The van der Waals surface area contributed by atoms with Crippen molar-refractivity contribution in [1.29, 1.82) is 0 Å². The second kappa shape index (κ2) is 6.49. The number of aliphatic imine (C=N–C) groups is 1. The zero-order chi connectivity index (χ0) is 14.7. The van der Waals surface area contributed by atoms with Crippen LogP contribution in [0, 0.1) is 5.41 Å². The maximum atomic E-state index is 6.15. The number of anilines is 1. The highest BCUT2D eigenvalue weighted by atomic mass is 35.5. The van der Waals surface area contributed by atoms with Crippen molar-refractivity contribution in [1.82, 2.24) is 0 Å². The Kier molecular flexibility index (Phi) is 4.65. The molecule has 1 aliphatic carbocycles. The topological polar surface area (TPSA) is 33.6 Å². The van der Waals surface area contributed by atoms with Gasteiger partial charge in [-0.15, -0.1) is 0 Å². The molecule has 5 heteroatoms. The number of thioether (sulfide) groups is 1. The largest absolute Gasteiger partial charge is 0.495 e. The van der Waals surface area contributed by atoms with E-state index in [9.17, 15) is 0 Å². The van der Waals surface area contributed by atoms with Crippen LogP contribution in [0.1, 0.15) is 32.1 Å². The number of methoxy groups -OCH3 is 1. The summed E-state index contributed by atoms with van der Waals surface area (Å²) in [5.74, 6) is 1.88. The molecule has 0 unspecified atom stereocenters. The molecule has 0 atom stereocenters. The van der Waals surface area contributed by atoms with Crippen molar-refractivity contribution in [2.45, 2.75) is 32.1 Å². The van der Waals surface area contributed by atoms with Crippen molar-refractivity contribution < 1.29 is 4.74 Å². The summed E-state index contributed by atoms with van der Waals surface area (Å²) in [6, 6.07) is 5.73. The molecule has 1 spiro atoms. The summed E-state index contributed by atoms with van der Waals surface area (Å²) in [5, 5.41) is 4.99. The molecular weight excluding hydrogens is 304 g/mol. The van der Waals surface area contributed by atoms with Crippen molar-refractivity contribution in [3.05, 3.63) is 23.2 Å². The van der Waals surface area contributed by atoms with Crippen LogP contribution >= 0.6 is 23.4 Å². The first kappa shape index (κ1) is 15.0. The first-order valence-electron chi connectivity index (χ1n) is 7.49. The molecule has 1 aromatic rings. The van der Waals surface area contributed by atoms with Gasteiger partial charge in [-0.25, -0.2) is 0 Å². The van der Waals surface area contributed by atoms with Gasteiger partial charge in [0.25, 0.3) is 0 Å². The van der Waals surface area contributed by atoms with Crippen LogP contribution in [0.25, 0.3) is 0 Å². The molecule has 3 rings (SSSR count). The molecule has 0 saturated heterocycles. The molecule has 1 aromatic carbocycles. The highest BCUT2D eigenvalue weighted by Crippen LogP contribution is 2.42. The normalized spacial score (nSPS) is 21.0. The Morgan fingerprint density at radius 3 is 2.71 bits per heavy atom. The zero-order valence-corrected chi connectivity index (χ0v) is 13.9. The molecule has 114 valence electrons. The molecule has 1 saturated carbocycles. The van der Waals surface area contributed by atoms with E-state index in [0.29, 0.717) is 16.2 Å². The monoisotopic (exact) mass is 324 g/mol. The Balaban J connectivity index is 1.65. The van der Waals surface area contributed by atoms with Gasteiger partial charge in [0, 0.05) is 18.0 Å². The third-order valence-electron chi connectivity index (χ3n) is 4.39. The highest BCUT2D eigenvalue weighted by Gasteiger charge is 2.34. The fourth-order valence-corrected chi connectivity index (χ4v) is 4.53. The highest BCUT2D eigenvalue weighted by molar-refractivity contribution is 8.14. The maximum absolute atomic E-state index is 6.15. The van der Waals surface area contributed by atoms with E-state index in [0.717, 1.165) is 17.4 Å². The van der Waals surface area contributed by atoms with E-state index >= 15 is 0 Å². The molecule has 1 heterocycles. The predicted octanol–water partition coefficient (Wildman–Crippen LogP) is 4.81. The van der Waals surface area contributed by atoms with Crippen molar-refractivity contribution in [2.24, 2.45) is 10.4 Å². The van der Waals surface area contributed by atoms with E-state index in [1.807, 2.05) is 30.0 Å². The number of hydrogen-bond acceptors (Lipinski definition) is 4. The van der Waals surface area contributed by atoms with Crippen LogP contribution in [0.4, 0.5) is 5.69 Å². The molecule has 21 heavy (non-hydrogen) atoms. The van der Waals surface area contributed by atoms with Gasteiger partial charge in [0.1, 0.15) is 5.75 Å². The van der Waals surface area contributed by atoms with Gasteiger partial charge in [-0.2, -0.15) is 0 Å². The second-order valence-corrected chi connectivity index (χ2v) is 7.32. The number of benzene rings is 1. The third-order valence-corrected chi connectivity index (χ3v) is 5.95. The fraction of sp³-hybridized carbons (Fsp3) is 0.562. The molecule has 0 aromatic heterocycles. The van der Waals surface area contributed by atoms with Crippen LogP contribution in [0.5, 0.6) is 5.75 Å². The lowest BCUT2D eigenvalue weighted by Gasteiger charge is -2.38. The van der Waals surface area contributed by atoms with Crippen molar-refractivity contribution in [2.75, 3.05) is 24.7 Å². The summed E-state index contributed by atoms with van der Waals surface area (Å²) in [4.78, 5) is 4.77. The molecule has 1 fully saturated rings. The summed E-state index contributed by atoms with van der Waals surface area (Å²) < 4.78 is 5.17. The van der Waals surface area contributed by atoms with Crippen LogP contribution in [-0.2, 0) is 0 Å². The van der Waals surface area contributed by atoms with Gasteiger partial charge < -0.3 is 10.1 Å². The van der Waals surface area contributed by atoms with Gasteiger partial charge in [-0.1, -0.05) is 42.6 Å². The quantitative estimate of drug-likeness (QED) is 0.847. The van der Waals surface area contributed by atoms with Gasteiger partial charge in [0.05, 0.1) is 12.1 Å². The summed E-state index contributed by atoms with van der Waals surface area (Å²) >= 11 is 8.00. The molecule has 0 radical (unpaired) electrons. The second-order valence-electron chi connectivity index (χ2n) is 5.95. The number of amidine groups is 1. The SMILES string of the molecule is COc1ccc(NC2=NCC3(CCCCC3)CS2)cc1Cl. The summed E-state index contributed by atoms with van der Waals surface area (Å²) in [6.45, 7) is 0.965. The van der Waals surface area contributed by atoms with E-state index in [2.05, 4.69) is 5.32 Å². The predicted molar refractivity (Wildman–Crippen MR) is 91.9 cm³/mol. The minimum Gasteiger partial charge on any atom is -0.495 e. The van der Waals surface area contributed by atoms with Gasteiger partial charge in [-0.3, -0.25) is 4.99 Å². The van der Waals surface area contributed by atoms with Gasteiger partial charge in [0.2, 0.25) is 0 Å². The van der Waals surface area contributed by atoms with E-state index in [-0.39, 0.29) is 0 Å². The summed E-state index contributed by atoms with van der Waals surface area (Å²) in [6.07, 6.45) is 6.81. The molecule has 1 N–H and O–H groups in total. The number of nitrogens with one attached hydrogen (secondary N) is 1. The Bertz CT molecular complexity index is 541. The average molecular weight is 325 g/mol. The van der Waals surface area contributed by atoms with E-state index < -0.39 is 0 Å². The minimum absolute atomic E-state index is 0.464. The van der Waals surface area contributed by atoms with Gasteiger partial charge in [-0.05, 0) is 36.5 Å².